The highest BCUT2D eigenvalue weighted by Crippen LogP contribution is 2.41. The number of halogens is 4. The number of alkyl halides is 1. The Bertz CT molecular complexity index is 1200. The van der Waals surface area contributed by atoms with Crippen molar-refractivity contribution >= 4 is 47.1 Å². The summed E-state index contributed by atoms with van der Waals surface area (Å²) in [6, 6.07) is 9.05. The average Bonchev–Trinajstić information content (AvgIpc) is 3.61. The van der Waals surface area contributed by atoms with E-state index in [4.69, 9.17) is 32.7 Å². The zero-order valence-corrected chi connectivity index (χ0v) is 22.0. The molecule has 4 rings (SSSR count). The van der Waals surface area contributed by atoms with Crippen LogP contribution in [0.2, 0.25) is 10.0 Å². The van der Waals surface area contributed by atoms with Crippen molar-refractivity contribution in [1.29, 1.82) is 0 Å². The Kier molecular flexibility index (Phi) is 10.3. The van der Waals surface area contributed by atoms with Crippen LogP contribution in [0, 0.1) is 11.7 Å². The average molecular weight is 570 g/mol. The fourth-order valence-electron chi connectivity index (χ4n) is 3.53. The number of anilines is 1. The van der Waals surface area contributed by atoms with E-state index in [0.717, 1.165) is 6.07 Å². The highest BCUT2D eigenvalue weighted by atomic mass is 35.5. The van der Waals surface area contributed by atoms with Gasteiger partial charge in [0.05, 0.1) is 23.2 Å². The van der Waals surface area contributed by atoms with Gasteiger partial charge in [0.15, 0.2) is 6.61 Å². The summed E-state index contributed by atoms with van der Waals surface area (Å²) in [5.74, 6) is -0.855. The third-order valence-electron chi connectivity index (χ3n) is 5.51. The quantitative estimate of drug-likeness (QED) is 0.344. The summed E-state index contributed by atoms with van der Waals surface area (Å²) in [6.45, 7) is 6.06. The summed E-state index contributed by atoms with van der Waals surface area (Å²) >= 11 is 11.5. The molecule has 3 unspecified atom stereocenters. The minimum Gasteiger partial charge on any atom is -0.487 e. The molecule has 2 aliphatic rings. The molecule has 0 bridgehead atoms. The molecule has 12 heteroatoms. The summed E-state index contributed by atoms with van der Waals surface area (Å²) in [4.78, 5) is 35.3. The highest BCUT2D eigenvalue weighted by Gasteiger charge is 2.47. The minimum absolute atomic E-state index is 0.0159. The summed E-state index contributed by atoms with van der Waals surface area (Å²) in [6.07, 6.45) is 0.228. The van der Waals surface area contributed by atoms with Gasteiger partial charge in [0.2, 0.25) is 12.3 Å². The fraction of sp³-hybridized carbons (Fsp3) is 0.346. The molecule has 0 aromatic heterocycles. The van der Waals surface area contributed by atoms with E-state index in [1.165, 1.54) is 12.1 Å². The summed E-state index contributed by atoms with van der Waals surface area (Å²) < 4.78 is 36.9. The van der Waals surface area contributed by atoms with Crippen molar-refractivity contribution in [2.24, 2.45) is 5.92 Å². The Labute approximate surface area is 228 Å². The molecular formula is C26H27Cl2F2N3O5. The second-order valence-electron chi connectivity index (χ2n) is 8.69. The first-order chi connectivity index (χ1) is 18.1. The zero-order chi connectivity index (χ0) is 27.8. The van der Waals surface area contributed by atoms with Crippen molar-refractivity contribution in [3.8, 4) is 11.5 Å². The number of hydrogen-bond donors (Lipinski definition) is 2. The number of ether oxygens (including phenoxy) is 2. The number of nitrogens with zero attached hydrogens (tertiary/aromatic N) is 1. The van der Waals surface area contributed by atoms with Gasteiger partial charge in [-0.3, -0.25) is 14.4 Å². The topological polar surface area (TPSA) is 97.0 Å². The van der Waals surface area contributed by atoms with Crippen LogP contribution in [0.15, 0.2) is 48.7 Å². The van der Waals surface area contributed by atoms with Crippen LogP contribution >= 0.6 is 23.2 Å². The molecule has 2 aromatic carbocycles. The lowest BCUT2D eigenvalue weighted by Crippen LogP contribution is -2.43. The molecule has 1 aliphatic heterocycles. The minimum atomic E-state index is -0.988. The molecule has 8 nitrogen and oxygen atoms in total. The molecule has 38 heavy (non-hydrogen) atoms. The second kappa shape index (κ2) is 13.4. The predicted octanol–water partition coefficient (Wildman–Crippen LogP) is 4.44. The van der Waals surface area contributed by atoms with Gasteiger partial charge in [-0.25, -0.2) is 8.78 Å². The molecule has 1 saturated carbocycles. The molecule has 3 amide bonds. The van der Waals surface area contributed by atoms with Gasteiger partial charge in [-0.05, 0) is 43.7 Å². The van der Waals surface area contributed by atoms with Crippen LogP contribution in [0.1, 0.15) is 19.8 Å². The van der Waals surface area contributed by atoms with Crippen LogP contribution in [-0.4, -0.2) is 50.2 Å². The van der Waals surface area contributed by atoms with Gasteiger partial charge < -0.3 is 25.0 Å². The van der Waals surface area contributed by atoms with E-state index in [2.05, 4.69) is 17.2 Å². The van der Waals surface area contributed by atoms with E-state index in [-0.39, 0.29) is 29.4 Å². The number of amides is 3. The Morgan fingerprint density at radius 3 is 2.66 bits per heavy atom. The lowest BCUT2D eigenvalue weighted by molar-refractivity contribution is -0.122. The van der Waals surface area contributed by atoms with E-state index < -0.39 is 23.8 Å². The Hall–Kier alpha value is -3.37. The molecule has 0 saturated heterocycles. The molecule has 2 N–H and O–H groups in total. The van der Waals surface area contributed by atoms with Crippen LogP contribution in [0.4, 0.5) is 14.5 Å². The van der Waals surface area contributed by atoms with Crippen LogP contribution in [0.25, 0.3) is 0 Å². The number of benzene rings is 2. The molecule has 0 spiro atoms. The van der Waals surface area contributed by atoms with E-state index in [1.807, 2.05) is 6.92 Å². The van der Waals surface area contributed by atoms with Gasteiger partial charge in [0, 0.05) is 29.8 Å². The first-order valence-electron chi connectivity index (χ1n) is 11.7. The maximum atomic E-state index is 13.1. The van der Waals surface area contributed by atoms with E-state index in [1.54, 1.807) is 23.1 Å². The van der Waals surface area contributed by atoms with Gasteiger partial charge in [0.25, 0.3) is 5.91 Å². The normalized spacial score (nSPS) is 19.1. The Morgan fingerprint density at radius 2 is 2.00 bits per heavy atom. The van der Waals surface area contributed by atoms with Crippen molar-refractivity contribution in [3.05, 3.63) is 64.5 Å². The zero-order valence-electron chi connectivity index (χ0n) is 20.5. The SMILES string of the molecule is C=C(CCNC=O)NC(=O)COc1ccc(Cl)c(F)c1.CC1CN(C(=O)C2CC2F)c2cc(Cl)ccc2O1. The van der Waals surface area contributed by atoms with Gasteiger partial charge in [-0.2, -0.15) is 0 Å². The number of carbonyl (C=O) groups is 3. The van der Waals surface area contributed by atoms with Gasteiger partial charge in [-0.1, -0.05) is 29.8 Å². The van der Waals surface area contributed by atoms with Crippen molar-refractivity contribution in [1.82, 2.24) is 10.6 Å². The third-order valence-corrected chi connectivity index (χ3v) is 6.05. The largest absolute Gasteiger partial charge is 0.487 e. The maximum absolute atomic E-state index is 13.1. The molecule has 3 atom stereocenters. The fourth-order valence-corrected chi connectivity index (χ4v) is 3.82. The van der Waals surface area contributed by atoms with Gasteiger partial charge in [-0.15, -0.1) is 0 Å². The molecule has 1 fully saturated rings. The van der Waals surface area contributed by atoms with E-state index >= 15 is 0 Å². The van der Waals surface area contributed by atoms with Crippen molar-refractivity contribution in [3.63, 3.8) is 0 Å². The molecule has 1 aliphatic carbocycles. The van der Waals surface area contributed by atoms with Crippen molar-refractivity contribution < 1.29 is 32.6 Å². The summed E-state index contributed by atoms with van der Waals surface area (Å²) in [5, 5.41) is 5.47. The van der Waals surface area contributed by atoms with E-state index in [0.29, 0.717) is 54.5 Å². The number of fused-ring (bicyclic) bond motifs is 1. The lowest BCUT2D eigenvalue weighted by Gasteiger charge is -2.33. The van der Waals surface area contributed by atoms with Crippen LogP contribution in [-0.2, 0) is 14.4 Å². The second-order valence-corrected chi connectivity index (χ2v) is 9.53. The Morgan fingerprint density at radius 1 is 1.26 bits per heavy atom. The van der Waals surface area contributed by atoms with Crippen LogP contribution in [0.5, 0.6) is 11.5 Å². The van der Waals surface area contributed by atoms with Gasteiger partial charge >= 0.3 is 0 Å². The number of hydrogen-bond acceptors (Lipinski definition) is 5. The highest BCUT2D eigenvalue weighted by molar-refractivity contribution is 6.31. The van der Waals surface area contributed by atoms with Crippen molar-refractivity contribution in [2.75, 3.05) is 24.6 Å². The molecule has 1 heterocycles. The van der Waals surface area contributed by atoms with Gasteiger partial charge in [0.1, 0.15) is 29.6 Å². The summed E-state index contributed by atoms with van der Waals surface area (Å²) in [7, 11) is 0. The molecule has 204 valence electrons. The lowest BCUT2D eigenvalue weighted by atomic mass is 10.1. The van der Waals surface area contributed by atoms with Crippen LogP contribution in [0.3, 0.4) is 0 Å². The Balaban J connectivity index is 0.000000211. The predicted molar refractivity (Wildman–Crippen MR) is 140 cm³/mol. The third kappa shape index (κ3) is 8.32. The van der Waals surface area contributed by atoms with Crippen molar-refractivity contribution in [2.45, 2.75) is 32.0 Å². The van der Waals surface area contributed by atoms with E-state index in [9.17, 15) is 23.2 Å². The number of carbonyl (C=O) groups excluding carboxylic acids is 3. The maximum Gasteiger partial charge on any atom is 0.262 e. The molecular weight excluding hydrogens is 543 g/mol. The van der Waals surface area contributed by atoms with Crippen LogP contribution < -0.4 is 25.0 Å². The molecule has 0 radical (unpaired) electrons. The number of rotatable bonds is 9. The first-order valence-corrected chi connectivity index (χ1v) is 12.5. The number of nitrogens with one attached hydrogen (secondary N) is 2. The monoisotopic (exact) mass is 569 g/mol. The smallest absolute Gasteiger partial charge is 0.262 e. The standard InChI is InChI=1S/C13H14ClFN2O3.C13H13ClFNO2/c1-9(4-5-16-8-18)17-13(19)7-20-10-2-3-11(14)12(15)6-10;1-7-6-16(13(17)9-5-10(9)15)11-4-8(14)2-3-12(11)18-7/h2-3,6,8H,1,4-5,7H2,(H,16,18)(H,17,19);2-4,7,9-10H,5-6H2,1H3. The molecule has 2 aromatic rings. The first kappa shape index (κ1) is 29.2. The summed E-state index contributed by atoms with van der Waals surface area (Å²) in [5.41, 5.74) is 1.10.